The first-order valence-corrected chi connectivity index (χ1v) is 7.28. The van der Waals surface area contributed by atoms with Crippen molar-refractivity contribution in [2.24, 2.45) is 10.7 Å². The Bertz CT molecular complexity index is 716. The quantitative estimate of drug-likeness (QED) is 0.655. The maximum absolute atomic E-state index is 5.97. The highest BCUT2D eigenvalue weighted by Gasteiger charge is 2.12. The van der Waals surface area contributed by atoms with Gasteiger partial charge in [-0.3, -0.25) is 0 Å². The van der Waals surface area contributed by atoms with Crippen LogP contribution < -0.4 is 20.5 Å². The van der Waals surface area contributed by atoms with Crippen LogP contribution in [0.5, 0.6) is 11.5 Å². The lowest BCUT2D eigenvalue weighted by atomic mass is 10.2. The van der Waals surface area contributed by atoms with Crippen LogP contribution in [0.2, 0.25) is 0 Å². The van der Waals surface area contributed by atoms with Crippen LogP contribution in [0.1, 0.15) is 11.1 Å². The summed E-state index contributed by atoms with van der Waals surface area (Å²) in [5.41, 5.74) is 8.89. The fourth-order valence-corrected chi connectivity index (χ4v) is 2.32. The monoisotopic (exact) mass is 313 g/mol. The summed E-state index contributed by atoms with van der Waals surface area (Å²) in [4.78, 5) is 4.36. The Morgan fingerprint density at radius 3 is 2.91 bits per heavy atom. The molecule has 1 heterocycles. The molecular formula is C17H19N3O3. The molecule has 0 aromatic heterocycles. The van der Waals surface area contributed by atoms with Crippen molar-refractivity contribution in [3.8, 4) is 11.5 Å². The number of anilines is 1. The van der Waals surface area contributed by atoms with Crippen molar-refractivity contribution in [2.45, 2.75) is 13.2 Å². The SMILES string of the molecule is COCc1ccccc1NC(N)=NCc1ccc2c(c1)OCO2. The average Bonchev–Trinajstić information content (AvgIpc) is 3.03. The van der Waals surface area contributed by atoms with Crippen molar-refractivity contribution in [3.05, 3.63) is 53.6 Å². The van der Waals surface area contributed by atoms with E-state index in [1.807, 2.05) is 42.5 Å². The normalized spacial score (nSPS) is 13.2. The molecule has 6 nitrogen and oxygen atoms in total. The zero-order valence-corrected chi connectivity index (χ0v) is 12.9. The van der Waals surface area contributed by atoms with Crippen molar-refractivity contribution < 1.29 is 14.2 Å². The Morgan fingerprint density at radius 1 is 1.22 bits per heavy atom. The van der Waals surface area contributed by atoms with E-state index in [1.54, 1.807) is 7.11 Å². The number of rotatable bonds is 5. The number of aliphatic imine (C=N–C) groups is 1. The largest absolute Gasteiger partial charge is 0.454 e. The third kappa shape index (κ3) is 3.73. The van der Waals surface area contributed by atoms with E-state index in [1.165, 1.54) is 0 Å². The second-order valence-electron chi connectivity index (χ2n) is 5.10. The van der Waals surface area contributed by atoms with Gasteiger partial charge in [0.2, 0.25) is 6.79 Å². The predicted octanol–water partition coefficient (Wildman–Crippen LogP) is 2.49. The first kappa shape index (κ1) is 15.2. The number of hydrogen-bond acceptors (Lipinski definition) is 4. The maximum Gasteiger partial charge on any atom is 0.231 e. The summed E-state index contributed by atoms with van der Waals surface area (Å²) in [6, 6.07) is 13.6. The molecule has 3 N–H and O–H groups in total. The third-order valence-corrected chi connectivity index (χ3v) is 3.45. The molecule has 0 atom stereocenters. The van der Waals surface area contributed by atoms with E-state index in [4.69, 9.17) is 19.9 Å². The summed E-state index contributed by atoms with van der Waals surface area (Å²) in [5, 5.41) is 3.11. The highest BCUT2D eigenvalue weighted by atomic mass is 16.7. The number of methoxy groups -OCH3 is 1. The van der Waals surface area contributed by atoms with Gasteiger partial charge in [-0.25, -0.2) is 4.99 Å². The maximum atomic E-state index is 5.97. The third-order valence-electron chi connectivity index (χ3n) is 3.45. The summed E-state index contributed by atoms with van der Waals surface area (Å²) < 4.78 is 15.8. The number of fused-ring (bicyclic) bond motifs is 1. The summed E-state index contributed by atoms with van der Waals surface area (Å²) >= 11 is 0. The highest BCUT2D eigenvalue weighted by Crippen LogP contribution is 2.32. The minimum Gasteiger partial charge on any atom is -0.454 e. The van der Waals surface area contributed by atoms with Gasteiger partial charge in [0.25, 0.3) is 0 Å². The Kier molecular flexibility index (Phi) is 4.63. The predicted molar refractivity (Wildman–Crippen MR) is 88.7 cm³/mol. The first-order chi connectivity index (χ1) is 11.3. The van der Waals surface area contributed by atoms with E-state index < -0.39 is 0 Å². The second kappa shape index (κ2) is 7.02. The van der Waals surface area contributed by atoms with Crippen LogP contribution in [0.15, 0.2) is 47.5 Å². The van der Waals surface area contributed by atoms with Gasteiger partial charge in [0.1, 0.15) is 0 Å². The van der Waals surface area contributed by atoms with Gasteiger partial charge in [0, 0.05) is 18.4 Å². The summed E-state index contributed by atoms with van der Waals surface area (Å²) in [6.45, 7) is 1.24. The van der Waals surface area contributed by atoms with Crippen LogP contribution in [0.25, 0.3) is 0 Å². The van der Waals surface area contributed by atoms with E-state index in [9.17, 15) is 0 Å². The Morgan fingerprint density at radius 2 is 2.04 bits per heavy atom. The summed E-state index contributed by atoms with van der Waals surface area (Å²) in [5.74, 6) is 1.86. The molecule has 0 spiro atoms. The molecule has 23 heavy (non-hydrogen) atoms. The van der Waals surface area contributed by atoms with Crippen molar-refractivity contribution in [1.29, 1.82) is 0 Å². The topological polar surface area (TPSA) is 78.1 Å². The number of benzene rings is 2. The molecule has 120 valence electrons. The number of guanidine groups is 1. The lowest BCUT2D eigenvalue weighted by Gasteiger charge is -2.10. The summed E-state index contributed by atoms with van der Waals surface area (Å²) in [7, 11) is 1.66. The highest BCUT2D eigenvalue weighted by molar-refractivity contribution is 5.92. The molecule has 3 rings (SSSR count). The minimum atomic E-state index is 0.266. The molecule has 0 radical (unpaired) electrons. The van der Waals surface area contributed by atoms with Gasteiger partial charge in [-0.15, -0.1) is 0 Å². The molecule has 6 heteroatoms. The number of para-hydroxylation sites is 1. The van der Waals surface area contributed by atoms with Crippen LogP contribution in [0, 0.1) is 0 Å². The number of nitrogens with one attached hydrogen (secondary N) is 1. The van der Waals surface area contributed by atoms with Crippen molar-refractivity contribution >= 4 is 11.6 Å². The van der Waals surface area contributed by atoms with Crippen molar-refractivity contribution in [3.63, 3.8) is 0 Å². The minimum absolute atomic E-state index is 0.266. The summed E-state index contributed by atoms with van der Waals surface area (Å²) in [6.07, 6.45) is 0. The van der Waals surface area contributed by atoms with Gasteiger partial charge in [-0.1, -0.05) is 24.3 Å². The van der Waals surface area contributed by atoms with Crippen molar-refractivity contribution in [1.82, 2.24) is 0 Å². The molecule has 0 amide bonds. The van der Waals surface area contributed by atoms with Crippen LogP contribution in [-0.4, -0.2) is 19.9 Å². The smallest absolute Gasteiger partial charge is 0.231 e. The van der Waals surface area contributed by atoms with E-state index >= 15 is 0 Å². The zero-order valence-electron chi connectivity index (χ0n) is 12.9. The van der Waals surface area contributed by atoms with Gasteiger partial charge < -0.3 is 25.3 Å². The number of ether oxygens (including phenoxy) is 3. The molecule has 1 aliphatic heterocycles. The van der Waals surface area contributed by atoms with Crippen LogP contribution in [0.4, 0.5) is 5.69 Å². The molecule has 0 bridgehead atoms. The first-order valence-electron chi connectivity index (χ1n) is 7.28. The zero-order chi connectivity index (χ0) is 16.1. The molecule has 0 aliphatic carbocycles. The van der Waals surface area contributed by atoms with Crippen LogP contribution in [-0.2, 0) is 17.9 Å². The fourth-order valence-electron chi connectivity index (χ4n) is 2.32. The molecule has 2 aromatic carbocycles. The van der Waals surface area contributed by atoms with Crippen LogP contribution in [0.3, 0.4) is 0 Å². The molecular weight excluding hydrogens is 294 g/mol. The van der Waals surface area contributed by atoms with Gasteiger partial charge in [-0.05, 0) is 23.8 Å². The van der Waals surface area contributed by atoms with E-state index in [0.717, 1.165) is 28.3 Å². The van der Waals surface area contributed by atoms with E-state index in [2.05, 4.69) is 10.3 Å². The average molecular weight is 313 g/mol. The molecule has 0 fully saturated rings. The molecule has 0 saturated heterocycles. The molecule has 0 saturated carbocycles. The Balaban J connectivity index is 1.66. The van der Waals surface area contributed by atoms with Gasteiger partial charge in [0.15, 0.2) is 17.5 Å². The Hall–Kier alpha value is -2.73. The van der Waals surface area contributed by atoms with Gasteiger partial charge in [-0.2, -0.15) is 0 Å². The number of nitrogens with zero attached hydrogens (tertiary/aromatic N) is 1. The molecule has 0 unspecified atom stereocenters. The second-order valence-corrected chi connectivity index (χ2v) is 5.10. The lowest BCUT2D eigenvalue weighted by molar-refractivity contribution is 0.174. The fraction of sp³-hybridized carbons (Fsp3) is 0.235. The standard InChI is InChI=1S/C17H19N3O3/c1-21-10-13-4-2-3-5-14(13)20-17(18)19-9-12-6-7-15-16(8-12)23-11-22-15/h2-8H,9-11H2,1H3,(H3,18,19,20). The van der Waals surface area contributed by atoms with E-state index in [-0.39, 0.29) is 6.79 Å². The number of hydrogen-bond donors (Lipinski definition) is 2. The van der Waals surface area contributed by atoms with E-state index in [0.29, 0.717) is 19.1 Å². The molecule has 1 aliphatic rings. The van der Waals surface area contributed by atoms with Crippen molar-refractivity contribution in [2.75, 3.05) is 19.2 Å². The molecule has 2 aromatic rings. The van der Waals surface area contributed by atoms with Crippen LogP contribution >= 0.6 is 0 Å². The van der Waals surface area contributed by atoms with Gasteiger partial charge >= 0.3 is 0 Å². The number of nitrogens with two attached hydrogens (primary N) is 1. The Labute approximate surface area is 134 Å². The lowest BCUT2D eigenvalue weighted by Crippen LogP contribution is -2.23. The van der Waals surface area contributed by atoms with Gasteiger partial charge in [0.05, 0.1) is 13.2 Å².